The predicted octanol–water partition coefficient (Wildman–Crippen LogP) is 6.63. The van der Waals surface area contributed by atoms with Crippen LogP contribution in [0.1, 0.15) is 110 Å². The zero-order chi connectivity index (χ0) is 18.5. The van der Waals surface area contributed by atoms with Crippen molar-refractivity contribution < 1.29 is 9.47 Å². The molecule has 1 saturated heterocycles. The molecule has 1 unspecified atom stereocenters. The first-order chi connectivity index (χ1) is 12.9. The molecule has 0 spiro atoms. The highest BCUT2D eigenvalue weighted by Crippen LogP contribution is 2.13. The third-order valence-electron chi connectivity index (χ3n) is 4.65. The Morgan fingerprint density at radius 2 is 1.31 bits per heavy atom. The van der Waals surface area contributed by atoms with Gasteiger partial charge in [-0.1, -0.05) is 39.0 Å². The molecule has 0 saturated carbocycles. The van der Waals surface area contributed by atoms with Crippen molar-refractivity contribution in [1.29, 1.82) is 0 Å². The SMILES string of the molecule is CCCCCC#CCCCCCCCC#CCCCOC1CCCCO1. The van der Waals surface area contributed by atoms with Crippen molar-refractivity contribution in [1.82, 2.24) is 0 Å². The van der Waals surface area contributed by atoms with Crippen molar-refractivity contribution in [2.75, 3.05) is 13.2 Å². The van der Waals surface area contributed by atoms with E-state index in [1.807, 2.05) is 0 Å². The Hall–Kier alpha value is -0.960. The van der Waals surface area contributed by atoms with Crippen LogP contribution in [0, 0.1) is 23.7 Å². The molecule has 0 bridgehead atoms. The van der Waals surface area contributed by atoms with Gasteiger partial charge in [0.05, 0.1) is 6.61 Å². The highest BCUT2D eigenvalue weighted by Gasteiger charge is 2.12. The van der Waals surface area contributed by atoms with Crippen LogP contribution in [0.4, 0.5) is 0 Å². The molecule has 1 aliphatic rings. The smallest absolute Gasteiger partial charge is 0.157 e. The zero-order valence-electron chi connectivity index (χ0n) is 17.1. The molecule has 1 rings (SSSR count). The van der Waals surface area contributed by atoms with E-state index in [1.165, 1.54) is 64.2 Å². The van der Waals surface area contributed by atoms with E-state index in [1.54, 1.807) is 0 Å². The van der Waals surface area contributed by atoms with E-state index >= 15 is 0 Å². The molecule has 0 amide bonds. The molecule has 0 aliphatic carbocycles. The van der Waals surface area contributed by atoms with Crippen molar-refractivity contribution in [3.05, 3.63) is 0 Å². The maximum absolute atomic E-state index is 5.71. The van der Waals surface area contributed by atoms with E-state index in [9.17, 15) is 0 Å². The monoisotopic (exact) mass is 360 g/mol. The van der Waals surface area contributed by atoms with Gasteiger partial charge in [-0.25, -0.2) is 0 Å². The van der Waals surface area contributed by atoms with Crippen molar-refractivity contribution in [3.8, 4) is 23.7 Å². The van der Waals surface area contributed by atoms with Gasteiger partial charge in [0.2, 0.25) is 0 Å². The van der Waals surface area contributed by atoms with Gasteiger partial charge >= 0.3 is 0 Å². The van der Waals surface area contributed by atoms with Gasteiger partial charge in [0, 0.05) is 32.3 Å². The topological polar surface area (TPSA) is 18.5 Å². The Bertz CT molecular complexity index is 415. The first-order valence-electron chi connectivity index (χ1n) is 11.1. The molecule has 1 heterocycles. The van der Waals surface area contributed by atoms with Crippen molar-refractivity contribution in [3.63, 3.8) is 0 Å². The summed E-state index contributed by atoms with van der Waals surface area (Å²) in [4.78, 5) is 0. The van der Waals surface area contributed by atoms with E-state index in [0.717, 1.165) is 51.7 Å². The van der Waals surface area contributed by atoms with Gasteiger partial charge in [0.1, 0.15) is 0 Å². The highest BCUT2D eigenvalue weighted by atomic mass is 16.7. The molecule has 1 fully saturated rings. The largest absolute Gasteiger partial charge is 0.353 e. The fourth-order valence-electron chi connectivity index (χ4n) is 2.99. The summed E-state index contributed by atoms with van der Waals surface area (Å²) >= 11 is 0. The number of hydrogen-bond acceptors (Lipinski definition) is 2. The quantitative estimate of drug-likeness (QED) is 0.271. The third-order valence-corrected chi connectivity index (χ3v) is 4.65. The zero-order valence-corrected chi connectivity index (χ0v) is 17.1. The number of hydrogen-bond donors (Lipinski definition) is 0. The lowest BCUT2D eigenvalue weighted by Crippen LogP contribution is -2.22. The summed E-state index contributed by atoms with van der Waals surface area (Å²) in [6.07, 6.45) is 19.0. The summed E-state index contributed by atoms with van der Waals surface area (Å²) in [6, 6.07) is 0. The van der Waals surface area contributed by atoms with E-state index < -0.39 is 0 Å². The number of rotatable bonds is 13. The minimum absolute atomic E-state index is 0.0451. The fourth-order valence-corrected chi connectivity index (χ4v) is 2.99. The minimum atomic E-state index is 0.0451. The Morgan fingerprint density at radius 1 is 0.731 bits per heavy atom. The summed E-state index contributed by atoms with van der Waals surface area (Å²) in [7, 11) is 0. The van der Waals surface area contributed by atoms with Crippen LogP contribution in [0.2, 0.25) is 0 Å². The maximum Gasteiger partial charge on any atom is 0.157 e. The maximum atomic E-state index is 5.71. The van der Waals surface area contributed by atoms with Gasteiger partial charge in [-0.3, -0.25) is 0 Å². The molecule has 26 heavy (non-hydrogen) atoms. The molecule has 0 aromatic carbocycles. The summed E-state index contributed by atoms with van der Waals surface area (Å²) in [6.45, 7) is 3.88. The van der Waals surface area contributed by atoms with Crippen LogP contribution in [-0.4, -0.2) is 19.5 Å². The van der Waals surface area contributed by atoms with Gasteiger partial charge in [0.15, 0.2) is 6.29 Å². The van der Waals surface area contributed by atoms with Gasteiger partial charge in [-0.05, 0) is 44.9 Å². The Kier molecular flexibility index (Phi) is 16.7. The molecular weight excluding hydrogens is 320 g/mol. The molecule has 1 aliphatic heterocycles. The molecule has 0 radical (unpaired) electrons. The van der Waals surface area contributed by atoms with E-state index in [4.69, 9.17) is 9.47 Å². The lowest BCUT2D eigenvalue weighted by Gasteiger charge is -2.22. The van der Waals surface area contributed by atoms with Crippen LogP contribution in [0.15, 0.2) is 0 Å². The Labute approximate surface area is 162 Å². The van der Waals surface area contributed by atoms with Gasteiger partial charge in [0.25, 0.3) is 0 Å². The van der Waals surface area contributed by atoms with E-state index in [2.05, 4.69) is 30.6 Å². The molecule has 0 aromatic heterocycles. The minimum Gasteiger partial charge on any atom is -0.353 e. The molecule has 2 heteroatoms. The van der Waals surface area contributed by atoms with Gasteiger partial charge in [-0.2, -0.15) is 0 Å². The van der Waals surface area contributed by atoms with Crippen molar-refractivity contribution in [2.45, 2.75) is 116 Å². The molecule has 0 N–H and O–H groups in total. The highest BCUT2D eigenvalue weighted by molar-refractivity contribution is 4.99. The van der Waals surface area contributed by atoms with Crippen LogP contribution >= 0.6 is 0 Å². The van der Waals surface area contributed by atoms with Crippen molar-refractivity contribution >= 4 is 0 Å². The van der Waals surface area contributed by atoms with Crippen LogP contribution in [0.3, 0.4) is 0 Å². The second-order valence-corrected chi connectivity index (χ2v) is 7.20. The number of unbranched alkanes of at least 4 members (excludes halogenated alkanes) is 10. The lowest BCUT2D eigenvalue weighted by molar-refractivity contribution is -0.162. The van der Waals surface area contributed by atoms with Crippen LogP contribution in [0.25, 0.3) is 0 Å². The van der Waals surface area contributed by atoms with Gasteiger partial charge in [-0.15, -0.1) is 23.7 Å². The molecular formula is C24H40O2. The Morgan fingerprint density at radius 3 is 1.88 bits per heavy atom. The predicted molar refractivity (Wildman–Crippen MR) is 111 cm³/mol. The normalized spacial score (nSPS) is 16.4. The second kappa shape index (κ2) is 18.8. The van der Waals surface area contributed by atoms with E-state index in [0.29, 0.717) is 0 Å². The molecule has 1 atom stereocenters. The van der Waals surface area contributed by atoms with Crippen LogP contribution in [-0.2, 0) is 9.47 Å². The van der Waals surface area contributed by atoms with Crippen molar-refractivity contribution in [2.24, 2.45) is 0 Å². The van der Waals surface area contributed by atoms with E-state index in [-0.39, 0.29) is 6.29 Å². The molecule has 0 aromatic rings. The summed E-state index contributed by atoms with van der Waals surface area (Å²) < 4.78 is 11.3. The van der Waals surface area contributed by atoms with Gasteiger partial charge < -0.3 is 9.47 Å². The Balaban J connectivity index is 1.77. The summed E-state index contributed by atoms with van der Waals surface area (Å²) in [5, 5.41) is 0. The third kappa shape index (κ3) is 15.3. The average molecular weight is 361 g/mol. The second-order valence-electron chi connectivity index (χ2n) is 7.20. The molecule has 2 nitrogen and oxygen atoms in total. The standard InChI is InChI=1S/C24H40O2/c1-2-3-4-5-6-7-8-9-10-11-12-13-14-15-16-17-19-22-25-24-21-18-20-23-26-24/h24H,2-5,8-14,17-23H2,1H3. The first kappa shape index (κ1) is 23.1. The van der Waals surface area contributed by atoms with Crippen LogP contribution < -0.4 is 0 Å². The fraction of sp³-hybridized carbons (Fsp3) is 0.833. The first-order valence-corrected chi connectivity index (χ1v) is 11.1. The average Bonchev–Trinajstić information content (AvgIpc) is 2.68. The summed E-state index contributed by atoms with van der Waals surface area (Å²) in [5.41, 5.74) is 0. The number of ether oxygens (including phenoxy) is 2. The lowest BCUT2D eigenvalue weighted by atomic mass is 10.1. The van der Waals surface area contributed by atoms with Crippen LogP contribution in [0.5, 0.6) is 0 Å². The summed E-state index contributed by atoms with van der Waals surface area (Å²) in [5.74, 6) is 13.2. The molecule has 148 valence electrons.